The summed E-state index contributed by atoms with van der Waals surface area (Å²) in [5.41, 5.74) is 6.24. The fourth-order valence-corrected chi connectivity index (χ4v) is 1.05. The van der Waals surface area contributed by atoms with Gasteiger partial charge in [-0.1, -0.05) is 0 Å². The van der Waals surface area contributed by atoms with Crippen LogP contribution in [0.5, 0.6) is 0 Å². The molecule has 0 atom stereocenters. The van der Waals surface area contributed by atoms with E-state index in [1.165, 1.54) is 0 Å². The maximum atomic E-state index is 10.9. The molecule has 0 spiro atoms. The number of rotatable bonds is 1. The van der Waals surface area contributed by atoms with E-state index in [9.17, 15) is 4.79 Å². The SMILES string of the molecule is Cc1nn(C(C)(C)C)cc1C(N)=O. The fourth-order valence-electron chi connectivity index (χ4n) is 1.05. The zero-order valence-electron chi connectivity index (χ0n) is 8.46. The van der Waals surface area contributed by atoms with Gasteiger partial charge in [0.15, 0.2) is 0 Å². The van der Waals surface area contributed by atoms with Crippen molar-refractivity contribution in [1.29, 1.82) is 0 Å². The molecule has 0 unspecified atom stereocenters. The lowest BCUT2D eigenvalue weighted by molar-refractivity contribution is 0.0999. The quantitative estimate of drug-likeness (QED) is 0.703. The first kappa shape index (κ1) is 9.77. The van der Waals surface area contributed by atoms with E-state index in [1.807, 2.05) is 20.8 Å². The molecule has 1 aromatic heterocycles. The molecule has 0 aliphatic heterocycles. The Balaban J connectivity index is 3.17. The second-order valence-electron chi connectivity index (χ2n) is 4.11. The number of hydrogen-bond donors (Lipinski definition) is 1. The van der Waals surface area contributed by atoms with Crippen LogP contribution >= 0.6 is 0 Å². The highest BCUT2D eigenvalue weighted by Crippen LogP contribution is 2.15. The van der Waals surface area contributed by atoms with Crippen LogP contribution in [0.25, 0.3) is 0 Å². The summed E-state index contributed by atoms with van der Waals surface area (Å²) in [5.74, 6) is -0.423. The predicted octanol–water partition coefficient (Wildman–Crippen LogP) is 1.05. The summed E-state index contributed by atoms with van der Waals surface area (Å²) in [4.78, 5) is 10.9. The Morgan fingerprint density at radius 1 is 1.54 bits per heavy atom. The van der Waals surface area contributed by atoms with E-state index >= 15 is 0 Å². The first-order valence-electron chi connectivity index (χ1n) is 4.19. The van der Waals surface area contributed by atoms with Crippen LogP contribution in [0.3, 0.4) is 0 Å². The number of primary amides is 1. The minimum Gasteiger partial charge on any atom is -0.365 e. The Labute approximate surface area is 77.7 Å². The van der Waals surface area contributed by atoms with Gasteiger partial charge in [-0.25, -0.2) is 0 Å². The van der Waals surface area contributed by atoms with Gasteiger partial charge in [0.2, 0.25) is 0 Å². The van der Waals surface area contributed by atoms with Crippen LogP contribution in [0.1, 0.15) is 36.8 Å². The molecule has 1 aromatic rings. The van der Waals surface area contributed by atoms with E-state index in [0.717, 1.165) is 0 Å². The highest BCUT2D eigenvalue weighted by Gasteiger charge is 2.17. The summed E-state index contributed by atoms with van der Waals surface area (Å²) in [6.07, 6.45) is 1.69. The zero-order valence-corrected chi connectivity index (χ0v) is 8.46. The minimum atomic E-state index is -0.423. The van der Waals surface area contributed by atoms with Crippen molar-refractivity contribution in [3.05, 3.63) is 17.5 Å². The molecule has 4 heteroatoms. The van der Waals surface area contributed by atoms with Gasteiger partial charge >= 0.3 is 0 Å². The number of carbonyl (C=O) groups excluding carboxylic acids is 1. The van der Waals surface area contributed by atoms with E-state index < -0.39 is 5.91 Å². The van der Waals surface area contributed by atoms with E-state index in [2.05, 4.69) is 5.10 Å². The smallest absolute Gasteiger partial charge is 0.252 e. The molecule has 4 nitrogen and oxygen atoms in total. The first-order valence-corrected chi connectivity index (χ1v) is 4.19. The van der Waals surface area contributed by atoms with Crippen LogP contribution < -0.4 is 5.73 Å². The molecule has 72 valence electrons. The Bertz CT molecular complexity index is 333. The number of nitrogens with two attached hydrogens (primary N) is 1. The third kappa shape index (κ3) is 1.88. The highest BCUT2D eigenvalue weighted by molar-refractivity contribution is 5.93. The molecule has 1 rings (SSSR count). The number of aryl methyl sites for hydroxylation is 1. The number of amides is 1. The molecule has 0 aromatic carbocycles. The number of hydrogen-bond acceptors (Lipinski definition) is 2. The molecule has 0 saturated carbocycles. The Kier molecular flexibility index (Phi) is 2.15. The van der Waals surface area contributed by atoms with Gasteiger partial charge in [0, 0.05) is 6.20 Å². The van der Waals surface area contributed by atoms with Gasteiger partial charge < -0.3 is 5.73 Å². The van der Waals surface area contributed by atoms with Crippen molar-refractivity contribution in [2.45, 2.75) is 33.2 Å². The van der Waals surface area contributed by atoms with Crippen LogP contribution in [-0.4, -0.2) is 15.7 Å². The van der Waals surface area contributed by atoms with E-state index in [-0.39, 0.29) is 5.54 Å². The molecular weight excluding hydrogens is 166 g/mol. The number of nitrogens with zero attached hydrogens (tertiary/aromatic N) is 2. The van der Waals surface area contributed by atoms with Gasteiger partial charge in [-0.3, -0.25) is 9.48 Å². The van der Waals surface area contributed by atoms with Gasteiger partial charge in [-0.15, -0.1) is 0 Å². The van der Waals surface area contributed by atoms with Crippen molar-refractivity contribution in [3.8, 4) is 0 Å². The molecule has 0 bridgehead atoms. The Morgan fingerprint density at radius 3 is 2.31 bits per heavy atom. The van der Waals surface area contributed by atoms with Crippen LogP contribution in [0.2, 0.25) is 0 Å². The summed E-state index contributed by atoms with van der Waals surface area (Å²) < 4.78 is 1.75. The van der Waals surface area contributed by atoms with E-state index in [1.54, 1.807) is 17.8 Å². The highest BCUT2D eigenvalue weighted by atomic mass is 16.1. The maximum absolute atomic E-state index is 10.9. The first-order chi connectivity index (χ1) is 5.82. The van der Waals surface area contributed by atoms with Gasteiger partial charge in [-0.05, 0) is 27.7 Å². The number of aromatic nitrogens is 2. The van der Waals surface area contributed by atoms with Gasteiger partial charge in [-0.2, -0.15) is 5.10 Å². The summed E-state index contributed by atoms with van der Waals surface area (Å²) in [6, 6.07) is 0. The van der Waals surface area contributed by atoms with Crippen molar-refractivity contribution in [3.63, 3.8) is 0 Å². The van der Waals surface area contributed by atoms with Crippen LogP contribution in [0, 0.1) is 6.92 Å². The molecule has 1 amide bonds. The zero-order chi connectivity index (χ0) is 10.2. The molecule has 0 radical (unpaired) electrons. The van der Waals surface area contributed by atoms with Crippen LogP contribution in [-0.2, 0) is 5.54 Å². The normalized spacial score (nSPS) is 11.7. The summed E-state index contributed by atoms with van der Waals surface area (Å²) in [5, 5.41) is 4.22. The minimum absolute atomic E-state index is 0.113. The second kappa shape index (κ2) is 2.87. The lowest BCUT2D eigenvalue weighted by atomic mass is 10.1. The standard InChI is InChI=1S/C9H15N3O/c1-6-7(8(10)13)5-12(11-6)9(2,3)4/h5H,1-4H3,(H2,10,13). The summed E-state index contributed by atoms with van der Waals surface area (Å²) in [7, 11) is 0. The lowest BCUT2D eigenvalue weighted by Crippen LogP contribution is -2.22. The molecule has 1 heterocycles. The molecule has 0 aliphatic carbocycles. The van der Waals surface area contributed by atoms with Gasteiger partial charge in [0.05, 0.1) is 16.8 Å². The molecule has 0 fully saturated rings. The average Bonchev–Trinajstić information content (AvgIpc) is 2.29. The summed E-state index contributed by atoms with van der Waals surface area (Å²) >= 11 is 0. The fraction of sp³-hybridized carbons (Fsp3) is 0.556. The van der Waals surface area contributed by atoms with Crippen molar-refractivity contribution in [1.82, 2.24) is 9.78 Å². The van der Waals surface area contributed by atoms with Crippen LogP contribution in [0.15, 0.2) is 6.20 Å². The van der Waals surface area contributed by atoms with Gasteiger partial charge in [0.1, 0.15) is 0 Å². The largest absolute Gasteiger partial charge is 0.365 e. The molecule has 2 N–H and O–H groups in total. The Hall–Kier alpha value is -1.32. The number of carbonyl (C=O) groups is 1. The monoisotopic (exact) mass is 181 g/mol. The lowest BCUT2D eigenvalue weighted by Gasteiger charge is -2.18. The van der Waals surface area contributed by atoms with Gasteiger partial charge in [0.25, 0.3) is 5.91 Å². The maximum Gasteiger partial charge on any atom is 0.252 e. The van der Waals surface area contributed by atoms with E-state index in [0.29, 0.717) is 11.3 Å². The predicted molar refractivity (Wildman–Crippen MR) is 50.5 cm³/mol. The molecule has 0 aliphatic rings. The van der Waals surface area contributed by atoms with E-state index in [4.69, 9.17) is 5.73 Å². The van der Waals surface area contributed by atoms with Crippen molar-refractivity contribution in [2.75, 3.05) is 0 Å². The van der Waals surface area contributed by atoms with Crippen molar-refractivity contribution >= 4 is 5.91 Å². The third-order valence-electron chi connectivity index (χ3n) is 1.85. The van der Waals surface area contributed by atoms with Crippen molar-refractivity contribution in [2.24, 2.45) is 5.73 Å². The summed E-state index contributed by atoms with van der Waals surface area (Å²) in [6.45, 7) is 7.83. The third-order valence-corrected chi connectivity index (χ3v) is 1.85. The van der Waals surface area contributed by atoms with Crippen LogP contribution in [0.4, 0.5) is 0 Å². The molecular formula is C9H15N3O. The topological polar surface area (TPSA) is 60.9 Å². The van der Waals surface area contributed by atoms with Crippen molar-refractivity contribution < 1.29 is 4.79 Å². The molecule has 0 saturated heterocycles. The second-order valence-corrected chi connectivity index (χ2v) is 4.11. The molecule has 13 heavy (non-hydrogen) atoms. The average molecular weight is 181 g/mol. The Morgan fingerprint density at radius 2 is 2.08 bits per heavy atom.